The Labute approximate surface area is 260 Å². The Morgan fingerprint density at radius 2 is 1.25 bits per heavy atom. The zero-order valence-corrected chi connectivity index (χ0v) is 25.2. The largest absolute Gasteiger partial charge is 0.342 e. The molecule has 3 heterocycles. The van der Waals surface area contributed by atoms with Crippen molar-refractivity contribution < 1.29 is 0 Å². The van der Waals surface area contributed by atoms with Gasteiger partial charge in [-0.2, -0.15) is 0 Å². The van der Waals surface area contributed by atoms with E-state index in [0.29, 0.717) is 5.92 Å². The predicted octanol–water partition coefficient (Wildman–Crippen LogP) is 8.45. The van der Waals surface area contributed by atoms with E-state index in [-0.39, 0.29) is 6.71 Å². The highest BCUT2D eigenvalue weighted by atomic mass is 15.2. The first kappa shape index (κ1) is 25.5. The van der Waals surface area contributed by atoms with Gasteiger partial charge in [0.05, 0.1) is 0 Å². The normalized spacial score (nSPS) is 14.0. The van der Waals surface area contributed by atoms with Gasteiger partial charge in [-0.25, -0.2) is 0 Å². The molecule has 6 aromatic carbocycles. The van der Waals surface area contributed by atoms with Crippen molar-refractivity contribution in [3.05, 3.63) is 145 Å². The van der Waals surface area contributed by atoms with Crippen LogP contribution >= 0.6 is 0 Å². The van der Waals surface area contributed by atoms with Crippen LogP contribution in [0.5, 0.6) is 0 Å². The highest BCUT2D eigenvalue weighted by Gasteiger charge is 2.45. The first-order chi connectivity index (χ1) is 21.7. The third kappa shape index (κ3) is 3.69. The van der Waals surface area contributed by atoms with Crippen molar-refractivity contribution in [2.45, 2.75) is 26.2 Å². The van der Waals surface area contributed by atoms with Gasteiger partial charge in [0.2, 0.25) is 0 Å². The molecular weight excluding hydrogens is 531 g/mol. The van der Waals surface area contributed by atoms with Crippen LogP contribution in [0.3, 0.4) is 0 Å². The van der Waals surface area contributed by atoms with Gasteiger partial charge in [-0.05, 0) is 92.4 Å². The fourth-order valence-electron chi connectivity index (χ4n) is 7.86. The Morgan fingerprint density at radius 1 is 0.591 bits per heavy atom. The van der Waals surface area contributed by atoms with Crippen LogP contribution in [0, 0.1) is 0 Å². The summed E-state index contributed by atoms with van der Waals surface area (Å²) in [5, 5.41) is 0. The van der Waals surface area contributed by atoms with Crippen molar-refractivity contribution in [2.75, 3.05) is 16.3 Å². The molecule has 0 aromatic heterocycles. The minimum atomic E-state index is 0.175. The van der Waals surface area contributed by atoms with Crippen molar-refractivity contribution in [2.24, 2.45) is 0 Å². The van der Waals surface area contributed by atoms with Gasteiger partial charge in [0.1, 0.15) is 0 Å². The van der Waals surface area contributed by atoms with E-state index in [1.54, 1.807) is 0 Å². The summed E-state index contributed by atoms with van der Waals surface area (Å²) in [6.07, 6.45) is 1.06. The van der Waals surface area contributed by atoms with Crippen LogP contribution in [0.4, 0.5) is 28.4 Å². The zero-order chi connectivity index (χ0) is 29.4. The topological polar surface area (TPSA) is 6.48 Å². The zero-order valence-electron chi connectivity index (χ0n) is 25.2. The Morgan fingerprint density at radius 3 is 1.98 bits per heavy atom. The van der Waals surface area contributed by atoms with Crippen LogP contribution in [-0.4, -0.2) is 13.3 Å². The minimum absolute atomic E-state index is 0.175. The number of fused-ring (bicyclic) bond motifs is 4. The van der Waals surface area contributed by atoms with Crippen LogP contribution in [0.1, 0.15) is 30.9 Å². The molecule has 0 N–H and O–H groups in total. The average Bonchev–Trinajstić information content (AvgIpc) is 3.53. The Hall–Kier alpha value is -5.02. The summed E-state index contributed by atoms with van der Waals surface area (Å²) in [5.74, 6) is 0.420. The van der Waals surface area contributed by atoms with Crippen LogP contribution in [-0.2, 0) is 6.42 Å². The lowest BCUT2D eigenvalue weighted by Gasteiger charge is -2.44. The lowest BCUT2D eigenvalue weighted by Crippen LogP contribution is -2.61. The molecule has 0 saturated heterocycles. The van der Waals surface area contributed by atoms with E-state index in [1.165, 1.54) is 78.2 Å². The summed E-state index contributed by atoms with van der Waals surface area (Å²) in [4.78, 5) is 5.17. The number of hydrogen-bond acceptors (Lipinski definition) is 2. The van der Waals surface area contributed by atoms with Crippen LogP contribution < -0.4 is 26.2 Å². The fourth-order valence-corrected chi connectivity index (χ4v) is 7.86. The first-order valence-electron chi connectivity index (χ1n) is 15.9. The molecule has 0 unspecified atom stereocenters. The maximum atomic E-state index is 2.64. The number of anilines is 5. The molecule has 0 fully saturated rings. The van der Waals surface area contributed by atoms with E-state index in [1.807, 2.05) is 0 Å². The number of benzene rings is 6. The summed E-state index contributed by atoms with van der Waals surface area (Å²) in [6.45, 7) is 5.83. The summed E-state index contributed by atoms with van der Waals surface area (Å²) < 4.78 is 0. The molecule has 6 aromatic rings. The van der Waals surface area contributed by atoms with Gasteiger partial charge in [0.15, 0.2) is 0 Å². The van der Waals surface area contributed by atoms with Crippen LogP contribution in [0.15, 0.2) is 133 Å². The summed E-state index contributed by atoms with van der Waals surface area (Å²) in [5.41, 5.74) is 18.9. The molecule has 44 heavy (non-hydrogen) atoms. The molecule has 3 aliphatic rings. The third-order valence-electron chi connectivity index (χ3n) is 9.91. The molecule has 9 rings (SSSR count). The van der Waals surface area contributed by atoms with Gasteiger partial charge in [-0.3, -0.25) is 0 Å². The lowest BCUT2D eigenvalue weighted by molar-refractivity contribution is 0.864. The van der Waals surface area contributed by atoms with Crippen molar-refractivity contribution in [3.8, 4) is 22.3 Å². The quantitative estimate of drug-likeness (QED) is 0.198. The molecule has 0 spiro atoms. The summed E-state index contributed by atoms with van der Waals surface area (Å²) in [6, 6.07) is 49.6. The Bertz CT molecular complexity index is 2050. The van der Waals surface area contributed by atoms with Crippen molar-refractivity contribution >= 4 is 51.5 Å². The van der Waals surface area contributed by atoms with Crippen molar-refractivity contribution in [3.63, 3.8) is 0 Å². The number of rotatable bonds is 4. The monoisotopic (exact) mass is 564 g/mol. The van der Waals surface area contributed by atoms with E-state index in [2.05, 4.69) is 157 Å². The molecule has 0 aliphatic carbocycles. The van der Waals surface area contributed by atoms with Gasteiger partial charge >= 0.3 is 0 Å². The van der Waals surface area contributed by atoms with E-state index < -0.39 is 0 Å². The summed E-state index contributed by atoms with van der Waals surface area (Å²) in [7, 11) is 0. The van der Waals surface area contributed by atoms with Gasteiger partial charge in [-0.1, -0.05) is 117 Å². The van der Waals surface area contributed by atoms with E-state index in [4.69, 9.17) is 0 Å². The van der Waals surface area contributed by atoms with Gasteiger partial charge in [0.25, 0.3) is 6.71 Å². The van der Waals surface area contributed by atoms with E-state index in [9.17, 15) is 0 Å². The first-order valence-corrected chi connectivity index (χ1v) is 15.9. The highest BCUT2D eigenvalue weighted by Crippen LogP contribution is 2.47. The van der Waals surface area contributed by atoms with Crippen LogP contribution in [0.2, 0.25) is 0 Å². The third-order valence-corrected chi connectivity index (χ3v) is 9.91. The van der Waals surface area contributed by atoms with E-state index >= 15 is 0 Å². The molecule has 2 nitrogen and oxygen atoms in total. The molecular formula is C41H33BN2. The average molecular weight is 565 g/mol. The maximum Gasteiger partial charge on any atom is 0.252 e. The van der Waals surface area contributed by atoms with Gasteiger partial charge in [-0.15, -0.1) is 0 Å². The van der Waals surface area contributed by atoms with Crippen LogP contribution in [0.25, 0.3) is 22.3 Å². The highest BCUT2D eigenvalue weighted by molar-refractivity contribution is 7.00. The van der Waals surface area contributed by atoms with Crippen molar-refractivity contribution in [1.29, 1.82) is 0 Å². The Kier molecular flexibility index (Phi) is 5.65. The SMILES string of the molecule is CC(C)c1cc2c3c(c1)N(c1ccccc1)c1cc(-c4ccccc4)ccc1B3c1ccc(-c3ccccc3)c3c1N2CC3. The van der Waals surface area contributed by atoms with Gasteiger partial charge < -0.3 is 9.80 Å². The number of para-hydroxylation sites is 1. The lowest BCUT2D eigenvalue weighted by atomic mass is 9.33. The molecule has 3 heteroatoms. The smallest absolute Gasteiger partial charge is 0.252 e. The molecule has 0 radical (unpaired) electrons. The minimum Gasteiger partial charge on any atom is -0.342 e. The second-order valence-corrected chi connectivity index (χ2v) is 12.7. The van der Waals surface area contributed by atoms with Crippen molar-refractivity contribution in [1.82, 2.24) is 0 Å². The maximum absolute atomic E-state index is 2.64. The predicted molar refractivity (Wildman–Crippen MR) is 188 cm³/mol. The molecule has 0 amide bonds. The van der Waals surface area contributed by atoms with Gasteiger partial charge in [0, 0.05) is 35.0 Å². The number of hydrogen-bond donors (Lipinski definition) is 0. The molecule has 210 valence electrons. The Balaban J connectivity index is 1.36. The second-order valence-electron chi connectivity index (χ2n) is 12.7. The molecule has 3 aliphatic heterocycles. The second kappa shape index (κ2) is 9.75. The summed E-state index contributed by atoms with van der Waals surface area (Å²) >= 11 is 0. The standard InChI is InChI=1S/C41H33BN2/c1-27(2)31-25-38-40-39(26-31)44(32-16-10-5-11-17-32)37-24-30(28-12-6-3-7-13-28)18-20-35(37)42(40)36-21-19-33(29-14-8-4-9-15-29)34-22-23-43(38)41(34)36/h3-21,24-27H,22-23H2,1-2H3. The number of nitrogens with zero attached hydrogens (tertiary/aromatic N) is 2. The molecule has 0 saturated carbocycles. The molecule has 0 bridgehead atoms. The fraction of sp³-hybridized carbons (Fsp3) is 0.122. The van der Waals surface area contributed by atoms with E-state index in [0.717, 1.165) is 13.0 Å². The molecule has 0 atom stereocenters.